The van der Waals surface area contributed by atoms with Gasteiger partial charge < -0.3 is 19.9 Å². The van der Waals surface area contributed by atoms with E-state index in [4.69, 9.17) is 9.47 Å². The average Bonchev–Trinajstić information content (AvgIpc) is 2.59. The van der Waals surface area contributed by atoms with E-state index in [0.717, 1.165) is 41.3 Å². The van der Waals surface area contributed by atoms with Gasteiger partial charge in [0, 0.05) is 18.5 Å². The van der Waals surface area contributed by atoms with Crippen LogP contribution >= 0.6 is 0 Å². The summed E-state index contributed by atoms with van der Waals surface area (Å²) >= 11 is 0. The Hall–Kier alpha value is -2.20. The largest absolute Gasteiger partial charge is 0.494 e. The second kappa shape index (κ2) is 7.38. The highest BCUT2D eigenvalue weighted by Crippen LogP contribution is 2.38. The highest BCUT2D eigenvalue weighted by molar-refractivity contribution is 5.61. The highest BCUT2D eigenvalue weighted by atomic mass is 16.5. The van der Waals surface area contributed by atoms with E-state index in [9.17, 15) is 5.11 Å². The fourth-order valence-corrected chi connectivity index (χ4v) is 2.71. The molecular weight excluding hydrogens is 290 g/mol. The molecule has 0 bridgehead atoms. The number of nitrogens with one attached hydrogen (secondary N) is 1. The minimum Gasteiger partial charge on any atom is -0.494 e. The summed E-state index contributed by atoms with van der Waals surface area (Å²) in [7, 11) is 0. The number of benzene rings is 2. The zero-order chi connectivity index (χ0) is 16.1. The summed E-state index contributed by atoms with van der Waals surface area (Å²) in [4.78, 5) is 0. The minimum atomic E-state index is -0.439. The molecule has 0 aliphatic carbocycles. The van der Waals surface area contributed by atoms with Gasteiger partial charge in [0.25, 0.3) is 0 Å². The van der Waals surface area contributed by atoms with Gasteiger partial charge in [-0.05, 0) is 30.2 Å². The lowest BCUT2D eigenvalue weighted by Gasteiger charge is -2.24. The number of hydrogen-bond donors (Lipinski definition) is 2. The topological polar surface area (TPSA) is 50.7 Å². The maximum atomic E-state index is 10.1. The van der Waals surface area contributed by atoms with Gasteiger partial charge in [-0.25, -0.2) is 0 Å². The molecule has 4 nitrogen and oxygen atoms in total. The van der Waals surface area contributed by atoms with Crippen LogP contribution in [0.25, 0.3) is 0 Å². The molecule has 1 atom stereocenters. The molecule has 2 aromatic rings. The van der Waals surface area contributed by atoms with Crippen LogP contribution in [-0.2, 0) is 6.54 Å². The van der Waals surface area contributed by atoms with Crippen LogP contribution in [0.5, 0.6) is 11.5 Å². The van der Waals surface area contributed by atoms with Crippen LogP contribution in [-0.4, -0.2) is 18.3 Å². The molecule has 1 aliphatic heterocycles. The summed E-state index contributed by atoms with van der Waals surface area (Å²) in [6.07, 6.45) is 1.21. The van der Waals surface area contributed by atoms with Gasteiger partial charge >= 0.3 is 0 Å². The van der Waals surface area contributed by atoms with Gasteiger partial charge in [0.2, 0.25) is 0 Å². The van der Waals surface area contributed by atoms with Gasteiger partial charge in [-0.3, -0.25) is 0 Å². The fraction of sp³-hybridized carbons (Fsp3) is 0.368. The van der Waals surface area contributed by atoms with Gasteiger partial charge in [-0.1, -0.05) is 31.2 Å². The smallest absolute Gasteiger partial charge is 0.148 e. The minimum absolute atomic E-state index is 0.439. The third kappa shape index (κ3) is 3.77. The number of rotatable bonds is 6. The van der Waals surface area contributed by atoms with Crippen LogP contribution in [0.4, 0.5) is 5.69 Å². The molecule has 2 aromatic carbocycles. The van der Waals surface area contributed by atoms with Crippen molar-refractivity contribution in [3.8, 4) is 11.5 Å². The third-order valence-electron chi connectivity index (χ3n) is 3.90. The van der Waals surface area contributed by atoms with Gasteiger partial charge in [-0.15, -0.1) is 0 Å². The van der Waals surface area contributed by atoms with Crippen LogP contribution in [0.3, 0.4) is 0 Å². The molecule has 4 heteroatoms. The summed E-state index contributed by atoms with van der Waals surface area (Å²) in [6, 6.07) is 13.9. The zero-order valence-corrected chi connectivity index (χ0v) is 13.4. The van der Waals surface area contributed by atoms with Crippen LogP contribution in [0.2, 0.25) is 0 Å². The Balaban J connectivity index is 1.70. The lowest BCUT2D eigenvalue weighted by Crippen LogP contribution is -2.15. The van der Waals surface area contributed by atoms with Crippen molar-refractivity contribution < 1.29 is 14.6 Å². The van der Waals surface area contributed by atoms with Crippen molar-refractivity contribution in [3.63, 3.8) is 0 Å². The second-order valence-corrected chi connectivity index (χ2v) is 5.73. The van der Waals surface area contributed by atoms with Crippen LogP contribution in [0.1, 0.15) is 37.0 Å². The molecule has 23 heavy (non-hydrogen) atoms. The second-order valence-electron chi connectivity index (χ2n) is 5.73. The van der Waals surface area contributed by atoms with E-state index in [1.807, 2.05) is 36.4 Å². The van der Waals surface area contributed by atoms with E-state index < -0.39 is 6.10 Å². The van der Waals surface area contributed by atoms with Crippen LogP contribution in [0.15, 0.2) is 42.5 Å². The summed E-state index contributed by atoms with van der Waals surface area (Å²) in [5, 5.41) is 13.5. The maximum absolute atomic E-state index is 10.1. The maximum Gasteiger partial charge on any atom is 0.148 e. The number of hydrogen-bond acceptors (Lipinski definition) is 4. The Labute approximate surface area is 137 Å². The third-order valence-corrected chi connectivity index (χ3v) is 3.90. The fourth-order valence-electron chi connectivity index (χ4n) is 2.71. The molecular formula is C19H23NO3. The van der Waals surface area contributed by atoms with E-state index in [1.54, 1.807) is 0 Å². The van der Waals surface area contributed by atoms with E-state index in [0.29, 0.717) is 19.6 Å². The van der Waals surface area contributed by atoms with E-state index in [2.05, 4.69) is 18.3 Å². The van der Waals surface area contributed by atoms with Crippen molar-refractivity contribution in [2.75, 3.05) is 18.5 Å². The Bertz CT molecular complexity index is 657. The summed E-state index contributed by atoms with van der Waals surface area (Å²) in [6.45, 7) is 4.06. The Morgan fingerprint density at radius 2 is 2.13 bits per heavy atom. The molecule has 1 heterocycles. The van der Waals surface area contributed by atoms with Crippen molar-refractivity contribution in [2.45, 2.75) is 32.4 Å². The predicted octanol–water partition coefficient (Wildman–Crippen LogP) is 3.90. The molecule has 2 N–H and O–H groups in total. The van der Waals surface area contributed by atoms with Crippen LogP contribution in [0, 0.1) is 0 Å². The number of anilines is 1. The molecule has 0 radical (unpaired) electrons. The monoisotopic (exact) mass is 313 g/mol. The molecule has 0 aromatic heterocycles. The molecule has 3 rings (SSSR count). The molecule has 122 valence electrons. The molecule has 0 amide bonds. The summed E-state index contributed by atoms with van der Waals surface area (Å²) < 4.78 is 11.4. The molecule has 0 saturated carbocycles. The average molecular weight is 313 g/mol. The number of para-hydroxylation sites is 1. The van der Waals surface area contributed by atoms with Gasteiger partial charge in [-0.2, -0.15) is 0 Å². The zero-order valence-electron chi connectivity index (χ0n) is 13.4. The van der Waals surface area contributed by atoms with E-state index >= 15 is 0 Å². The molecule has 0 saturated heterocycles. The van der Waals surface area contributed by atoms with Crippen molar-refractivity contribution in [3.05, 3.63) is 53.6 Å². The van der Waals surface area contributed by atoms with Gasteiger partial charge in [0.05, 0.1) is 25.0 Å². The van der Waals surface area contributed by atoms with E-state index in [-0.39, 0.29) is 0 Å². The first-order valence-electron chi connectivity index (χ1n) is 8.17. The molecule has 1 unspecified atom stereocenters. The number of aliphatic hydroxyl groups excluding tert-OH is 1. The number of aliphatic hydroxyl groups is 1. The first-order chi connectivity index (χ1) is 11.3. The van der Waals surface area contributed by atoms with E-state index in [1.165, 1.54) is 0 Å². The standard InChI is InChI=1S/C19H23NO3/c1-2-10-22-15-6-3-5-14(12-15)13-20-17-8-4-7-16-18(21)9-11-23-19(16)17/h3-8,12,18,20-21H,2,9-11,13H2,1H3. The van der Waals surface area contributed by atoms with Gasteiger partial charge in [0.1, 0.15) is 11.5 Å². The summed E-state index contributed by atoms with van der Waals surface area (Å²) in [5.74, 6) is 1.66. The first-order valence-corrected chi connectivity index (χ1v) is 8.17. The Morgan fingerprint density at radius 3 is 3.00 bits per heavy atom. The van der Waals surface area contributed by atoms with Crippen molar-refractivity contribution in [1.82, 2.24) is 0 Å². The molecule has 0 spiro atoms. The summed E-state index contributed by atoms with van der Waals surface area (Å²) in [5.41, 5.74) is 2.93. The van der Waals surface area contributed by atoms with Crippen LogP contribution < -0.4 is 14.8 Å². The highest BCUT2D eigenvalue weighted by Gasteiger charge is 2.21. The van der Waals surface area contributed by atoms with Crippen molar-refractivity contribution in [1.29, 1.82) is 0 Å². The number of ether oxygens (including phenoxy) is 2. The first kappa shape index (κ1) is 15.7. The van der Waals surface area contributed by atoms with Crippen molar-refractivity contribution >= 4 is 5.69 Å². The van der Waals surface area contributed by atoms with Crippen molar-refractivity contribution in [2.24, 2.45) is 0 Å². The molecule has 1 aliphatic rings. The Morgan fingerprint density at radius 1 is 1.26 bits per heavy atom. The Kier molecular flexibility index (Phi) is 5.03. The normalized spacial score (nSPS) is 16.3. The SMILES string of the molecule is CCCOc1cccc(CNc2cccc3c2OCCC3O)c1. The predicted molar refractivity (Wildman–Crippen MR) is 91.1 cm³/mol. The van der Waals surface area contributed by atoms with Gasteiger partial charge in [0.15, 0.2) is 0 Å². The lowest BCUT2D eigenvalue weighted by molar-refractivity contribution is 0.116. The number of fused-ring (bicyclic) bond motifs is 1. The molecule has 0 fully saturated rings. The lowest BCUT2D eigenvalue weighted by atomic mass is 10.0. The quantitative estimate of drug-likeness (QED) is 0.849.